The highest BCUT2D eigenvalue weighted by molar-refractivity contribution is 9.10. The van der Waals surface area contributed by atoms with Gasteiger partial charge < -0.3 is 10.2 Å². The number of carbonyl (C=O) groups is 2. The van der Waals surface area contributed by atoms with Crippen LogP contribution in [0.15, 0.2) is 77.3 Å². The Labute approximate surface area is 250 Å². The lowest BCUT2D eigenvalue weighted by atomic mass is 10.0. The summed E-state index contributed by atoms with van der Waals surface area (Å²) < 4.78 is 27.6. The maximum atomic E-state index is 14.1. The van der Waals surface area contributed by atoms with Gasteiger partial charge >= 0.3 is 0 Å². The van der Waals surface area contributed by atoms with Crippen LogP contribution < -0.4 is 9.62 Å². The van der Waals surface area contributed by atoms with E-state index in [1.165, 1.54) is 11.0 Å². The van der Waals surface area contributed by atoms with Crippen molar-refractivity contribution in [1.82, 2.24) is 10.2 Å². The second kappa shape index (κ2) is 14.1. The number of halogens is 2. The molecule has 0 aliphatic rings. The van der Waals surface area contributed by atoms with Gasteiger partial charge in [-0.3, -0.25) is 13.9 Å². The van der Waals surface area contributed by atoms with Crippen molar-refractivity contribution in [1.29, 1.82) is 0 Å². The lowest BCUT2D eigenvalue weighted by Gasteiger charge is -2.34. The zero-order chi connectivity index (χ0) is 29.4. The highest BCUT2D eigenvalue weighted by Gasteiger charge is 2.33. The fraction of sp³-hybridized carbons (Fsp3) is 0.333. The Morgan fingerprint density at radius 2 is 1.68 bits per heavy atom. The molecular formula is C30H35BrClN3O4S. The van der Waals surface area contributed by atoms with Gasteiger partial charge in [-0.1, -0.05) is 83.0 Å². The smallest absolute Gasteiger partial charge is 0.244 e. The normalized spacial score (nSPS) is 12.8. The summed E-state index contributed by atoms with van der Waals surface area (Å²) in [7, 11) is -3.86. The number of nitrogens with zero attached hydrogens (tertiary/aromatic N) is 2. The Balaban J connectivity index is 2.07. The van der Waals surface area contributed by atoms with Crippen LogP contribution in [-0.4, -0.2) is 50.0 Å². The molecule has 0 aromatic heterocycles. The molecular weight excluding hydrogens is 614 g/mol. The standard InChI is InChI=1S/C30H35BrClN3O4S/c1-5-22(3)33-30(37)28(17-23-10-7-6-8-11-23)34(19-24-12-9-13-25(31)16-24)29(36)20-35(40(4,38)39)26-15-14-21(2)27(32)18-26/h6-16,18,22,28H,5,17,19-20H2,1-4H3,(H,33,37)/t22-,28+/m0/s1. The van der Waals surface area contributed by atoms with Gasteiger partial charge in [0, 0.05) is 28.5 Å². The molecule has 3 aromatic rings. The molecule has 7 nitrogen and oxygen atoms in total. The van der Waals surface area contributed by atoms with Gasteiger partial charge in [0.25, 0.3) is 0 Å². The lowest BCUT2D eigenvalue weighted by molar-refractivity contribution is -0.140. The maximum Gasteiger partial charge on any atom is 0.244 e. The fourth-order valence-corrected chi connectivity index (χ4v) is 5.64. The summed E-state index contributed by atoms with van der Waals surface area (Å²) in [6.07, 6.45) is 2.03. The number of sulfonamides is 1. The van der Waals surface area contributed by atoms with Crippen LogP contribution in [0.1, 0.15) is 37.0 Å². The summed E-state index contributed by atoms with van der Waals surface area (Å²) in [5.74, 6) is -0.812. The summed E-state index contributed by atoms with van der Waals surface area (Å²) in [4.78, 5) is 29.3. The topological polar surface area (TPSA) is 86.8 Å². The highest BCUT2D eigenvalue weighted by Crippen LogP contribution is 2.26. The zero-order valence-corrected chi connectivity index (χ0v) is 26.3. The Kier molecular flexibility index (Phi) is 11.2. The quantitative estimate of drug-likeness (QED) is 0.272. The summed E-state index contributed by atoms with van der Waals surface area (Å²) in [6, 6.07) is 20.8. The number of rotatable bonds is 12. The second-order valence-electron chi connectivity index (χ2n) is 9.88. The van der Waals surface area contributed by atoms with Crippen LogP contribution in [0.5, 0.6) is 0 Å². The monoisotopic (exact) mass is 647 g/mol. The lowest BCUT2D eigenvalue weighted by Crippen LogP contribution is -2.54. The fourth-order valence-electron chi connectivity index (χ4n) is 4.18. The van der Waals surface area contributed by atoms with Crippen LogP contribution in [0.3, 0.4) is 0 Å². The summed E-state index contributed by atoms with van der Waals surface area (Å²) >= 11 is 9.78. The predicted molar refractivity (Wildman–Crippen MR) is 165 cm³/mol. The summed E-state index contributed by atoms with van der Waals surface area (Å²) in [6.45, 7) is 5.30. The second-order valence-corrected chi connectivity index (χ2v) is 13.1. The third kappa shape index (κ3) is 8.81. The molecule has 3 aromatic carbocycles. The van der Waals surface area contributed by atoms with E-state index in [4.69, 9.17) is 11.6 Å². The molecule has 2 atom stereocenters. The molecule has 0 unspecified atom stereocenters. The number of anilines is 1. The number of carbonyl (C=O) groups excluding carboxylic acids is 2. The number of hydrogen-bond donors (Lipinski definition) is 1. The molecule has 214 valence electrons. The molecule has 0 aliphatic carbocycles. The number of nitrogens with one attached hydrogen (secondary N) is 1. The first-order valence-corrected chi connectivity index (χ1v) is 16.0. The molecule has 0 radical (unpaired) electrons. The van der Waals surface area contributed by atoms with Crippen LogP contribution >= 0.6 is 27.5 Å². The average Bonchev–Trinajstić information content (AvgIpc) is 2.90. The molecule has 2 amide bonds. The van der Waals surface area contributed by atoms with E-state index in [1.54, 1.807) is 12.1 Å². The van der Waals surface area contributed by atoms with Gasteiger partial charge in [-0.2, -0.15) is 0 Å². The first-order chi connectivity index (χ1) is 18.9. The average molecular weight is 649 g/mol. The van der Waals surface area contributed by atoms with Gasteiger partial charge in [-0.05, 0) is 61.2 Å². The third-order valence-corrected chi connectivity index (χ3v) is 8.68. The van der Waals surface area contributed by atoms with Crippen molar-refractivity contribution < 1.29 is 18.0 Å². The minimum Gasteiger partial charge on any atom is -0.352 e. The van der Waals surface area contributed by atoms with Crippen molar-refractivity contribution in [3.63, 3.8) is 0 Å². The SMILES string of the molecule is CC[C@H](C)NC(=O)[C@@H](Cc1ccccc1)N(Cc1cccc(Br)c1)C(=O)CN(c1ccc(C)c(Cl)c1)S(C)(=O)=O. The first kappa shape index (κ1) is 31.6. The molecule has 3 rings (SSSR count). The molecule has 40 heavy (non-hydrogen) atoms. The Hall–Kier alpha value is -2.88. The van der Waals surface area contributed by atoms with Crippen LogP contribution in [0, 0.1) is 6.92 Å². The zero-order valence-electron chi connectivity index (χ0n) is 23.1. The summed E-state index contributed by atoms with van der Waals surface area (Å²) in [5.41, 5.74) is 2.73. The van der Waals surface area contributed by atoms with Gasteiger partial charge in [0.15, 0.2) is 0 Å². The minimum absolute atomic E-state index is 0.101. The molecule has 0 bridgehead atoms. The largest absolute Gasteiger partial charge is 0.352 e. The molecule has 0 fully saturated rings. The minimum atomic E-state index is -3.86. The number of benzene rings is 3. The van der Waals surface area contributed by atoms with Gasteiger partial charge in [-0.15, -0.1) is 0 Å². The first-order valence-electron chi connectivity index (χ1n) is 13.0. The number of aryl methyl sites for hydroxylation is 1. The maximum absolute atomic E-state index is 14.1. The van der Waals surface area contributed by atoms with Crippen molar-refractivity contribution in [2.75, 3.05) is 17.1 Å². The number of amides is 2. The Bertz CT molecular complexity index is 1440. The van der Waals surface area contributed by atoms with Crippen molar-refractivity contribution in [2.24, 2.45) is 0 Å². The van der Waals surface area contributed by atoms with Crippen molar-refractivity contribution in [3.8, 4) is 0 Å². The van der Waals surface area contributed by atoms with E-state index in [2.05, 4.69) is 21.2 Å². The van der Waals surface area contributed by atoms with Crippen molar-refractivity contribution >= 4 is 55.1 Å². The van der Waals surface area contributed by atoms with E-state index >= 15 is 0 Å². The number of hydrogen-bond acceptors (Lipinski definition) is 4. The summed E-state index contributed by atoms with van der Waals surface area (Å²) in [5, 5.41) is 3.41. The Morgan fingerprint density at radius 1 is 1.00 bits per heavy atom. The molecule has 0 spiro atoms. The van der Waals surface area contributed by atoms with Crippen LogP contribution in [0.25, 0.3) is 0 Å². The van der Waals surface area contributed by atoms with Crippen LogP contribution in [0.2, 0.25) is 5.02 Å². The molecule has 0 saturated carbocycles. The van der Waals surface area contributed by atoms with E-state index in [-0.39, 0.29) is 30.6 Å². The molecule has 0 saturated heterocycles. The van der Waals surface area contributed by atoms with E-state index < -0.39 is 28.5 Å². The van der Waals surface area contributed by atoms with E-state index in [1.807, 2.05) is 75.4 Å². The van der Waals surface area contributed by atoms with Crippen LogP contribution in [-0.2, 0) is 32.6 Å². The van der Waals surface area contributed by atoms with E-state index in [0.717, 1.165) is 38.1 Å². The van der Waals surface area contributed by atoms with Crippen molar-refractivity contribution in [3.05, 3.63) is 99.0 Å². The van der Waals surface area contributed by atoms with E-state index in [0.29, 0.717) is 5.02 Å². The highest BCUT2D eigenvalue weighted by atomic mass is 79.9. The van der Waals surface area contributed by atoms with Gasteiger partial charge in [-0.25, -0.2) is 8.42 Å². The molecule has 0 aliphatic heterocycles. The molecule has 1 N–H and O–H groups in total. The predicted octanol–water partition coefficient (Wildman–Crippen LogP) is 5.73. The van der Waals surface area contributed by atoms with E-state index in [9.17, 15) is 18.0 Å². The van der Waals surface area contributed by atoms with Gasteiger partial charge in [0.05, 0.1) is 11.9 Å². The van der Waals surface area contributed by atoms with Crippen LogP contribution in [0.4, 0.5) is 5.69 Å². The molecule has 0 heterocycles. The third-order valence-electron chi connectivity index (χ3n) is 6.64. The van der Waals surface area contributed by atoms with Crippen molar-refractivity contribution in [2.45, 2.75) is 52.2 Å². The Morgan fingerprint density at radius 3 is 2.27 bits per heavy atom. The van der Waals surface area contributed by atoms with Gasteiger partial charge in [0.2, 0.25) is 21.8 Å². The molecule has 10 heteroatoms. The van der Waals surface area contributed by atoms with Gasteiger partial charge in [0.1, 0.15) is 12.6 Å².